The minimum Gasteiger partial charge on any atom is -0.444 e. The first-order valence-electron chi connectivity index (χ1n) is 9.26. The summed E-state index contributed by atoms with van der Waals surface area (Å²) in [7, 11) is 4.20. The number of aryl methyl sites for hydroxylation is 1. The van der Waals surface area contributed by atoms with Gasteiger partial charge >= 0.3 is 6.09 Å². The Labute approximate surface area is 155 Å². The van der Waals surface area contributed by atoms with Crippen molar-refractivity contribution in [2.75, 3.05) is 25.5 Å². The largest absolute Gasteiger partial charge is 0.444 e. The van der Waals surface area contributed by atoms with Crippen molar-refractivity contribution in [1.29, 1.82) is 0 Å². The van der Waals surface area contributed by atoms with Crippen LogP contribution in [0.1, 0.15) is 50.8 Å². The summed E-state index contributed by atoms with van der Waals surface area (Å²) in [6.07, 6.45) is 2.20. The first-order chi connectivity index (χ1) is 12.2. The summed E-state index contributed by atoms with van der Waals surface area (Å²) in [6, 6.07) is 6.23. The third-order valence-corrected chi connectivity index (χ3v) is 5.00. The van der Waals surface area contributed by atoms with Gasteiger partial charge in [-0.2, -0.15) is 0 Å². The number of alkyl carbamates (subject to hydrolysis) is 1. The molecular weight excluding hydrogens is 330 g/mol. The number of hydrogen-bond donors (Lipinski definition) is 1. The zero-order chi connectivity index (χ0) is 19.1. The second-order valence-electron chi connectivity index (χ2n) is 8.38. The molecule has 26 heavy (non-hydrogen) atoms. The van der Waals surface area contributed by atoms with Gasteiger partial charge in [0.2, 0.25) is 5.91 Å². The first-order valence-corrected chi connectivity index (χ1v) is 9.26. The number of nitrogens with one attached hydrogen (secondary N) is 1. The van der Waals surface area contributed by atoms with E-state index in [0.717, 1.165) is 18.5 Å². The summed E-state index contributed by atoms with van der Waals surface area (Å²) in [4.78, 5) is 28.7. The van der Waals surface area contributed by atoms with Crippen LogP contribution in [0.5, 0.6) is 0 Å². The highest BCUT2D eigenvalue weighted by Gasteiger charge is 2.35. The zero-order valence-corrected chi connectivity index (χ0v) is 16.3. The van der Waals surface area contributed by atoms with Crippen LogP contribution < -0.4 is 10.2 Å². The highest BCUT2D eigenvalue weighted by Crippen LogP contribution is 2.37. The molecule has 1 aromatic rings. The maximum atomic E-state index is 12.7. The van der Waals surface area contributed by atoms with Crippen molar-refractivity contribution in [2.45, 2.75) is 57.7 Å². The van der Waals surface area contributed by atoms with Gasteiger partial charge in [0.25, 0.3) is 0 Å². The monoisotopic (exact) mass is 359 g/mol. The number of ether oxygens (including phenoxy) is 1. The van der Waals surface area contributed by atoms with E-state index in [1.807, 2.05) is 6.07 Å². The molecule has 0 radical (unpaired) electrons. The van der Waals surface area contributed by atoms with Crippen molar-refractivity contribution in [3.8, 4) is 0 Å². The number of hydrogen-bond acceptors (Lipinski definition) is 4. The zero-order valence-electron chi connectivity index (χ0n) is 16.3. The van der Waals surface area contributed by atoms with Crippen LogP contribution in [0.2, 0.25) is 0 Å². The van der Waals surface area contributed by atoms with Crippen molar-refractivity contribution < 1.29 is 14.3 Å². The molecule has 2 aliphatic rings. The standard InChI is InChI=1S/C20H29N3O3/c1-20(2,3)26-19(25)21-16-10-11-23(18(16)24)14-7-8-15-13(12-14)6-9-17(15)22(4)5/h7-8,12,16-17H,6,9-11H2,1-5H3,(H,21,25). The van der Waals surface area contributed by atoms with Crippen molar-refractivity contribution in [2.24, 2.45) is 0 Å². The SMILES string of the molecule is CN(C)C1CCc2cc(N3CCC(NC(=O)OC(C)(C)C)C3=O)ccc21. The number of nitrogens with zero attached hydrogens (tertiary/aromatic N) is 2. The predicted octanol–water partition coefficient (Wildman–Crippen LogP) is 2.87. The number of fused-ring (bicyclic) bond motifs is 1. The second kappa shape index (κ2) is 6.91. The molecule has 1 aliphatic carbocycles. The summed E-state index contributed by atoms with van der Waals surface area (Å²) in [5.74, 6) is -0.0713. The summed E-state index contributed by atoms with van der Waals surface area (Å²) < 4.78 is 5.26. The van der Waals surface area contributed by atoms with E-state index in [1.165, 1.54) is 11.1 Å². The molecule has 142 valence electrons. The smallest absolute Gasteiger partial charge is 0.408 e. The van der Waals surface area contributed by atoms with E-state index in [9.17, 15) is 9.59 Å². The summed E-state index contributed by atoms with van der Waals surface area (Å²) in [5, 5.41) is 2.70. The number of carbonyl (C=O) groups excluding carboxylic acids is 2. The Bertz CT molecular complexity index is 709. The molecule has 1 heterocycles. The Morgan fingerprint density at radius 1 is 1.27 bits per heavy atom. The van der Waals surface area contributed by atoms with Crippen molar-refractivity contribution in [3.05, 3.63) is 29.3 Å². The van der Waals surface area contributed by atoms with Crippen LogP contribution in [0.3, 0.4) is 0 Å². The highest BCUT2D eigenvalue weighted by molar-refractivity contribution is 6.01. The number of amides is 2. The average molecular weight is 359 g/mol. The Kier molecular flexibility index (Phi) is 4.97. The van der Waals surface area contributed by atoms with E-state index in [-0.39, 0.29) is 5.91 Å². The Morgan fingerprint density at radius 3 is 2.65 bits per heavy atom. The van der Waals surface area contributed by atoms with E-state index in [1.54, 1.807) is 25.7 Å². The van der Waals surface area contributed by atoms with Crippen LogP contribution in [0.25, 0.3) is 0 Å². The summed E-state index contributed by atoms with van der Waals surface area (Å²) in [5.41, 5.74) is 3.02. The molecule has 2 amide bonds. The number of benzene rings is 1. The average Bonchev–Trinajstić information content (AvgIpc) is 3.09. The van der Waals surface area contributed by atoms with Crippen LogP contribution in [0.15, 0.2) is 18.2 Å². The molecule has 2 atom stereocenters. The van der Waals surface area contributed by atoms with Crippen LogP contribution in [-0.2, 0) is 16.0 Å². The second-order valence-corrected chi connectivity index (χ2v) is 8.38. The molecule has 3 rings (SSSR count). The van der Waals surface area contributed by atoms with E-state index < -0.39 is 17.7 Å². The van der Waals surface area contributed by atoms with Gasteiger partial charge in [-0.05, 0) is 77.4 Å². The van der Waals surface area contributed by atoms with Gasteiger partial charge in [-0.3, -0.25) is 4.79 Å². The van der Waals surface area contributed by atoms with Gasteiger partial charge in [0.15, 0.2) is 0 Å². The molecule has 6 heteroatoms. The van der Waals surface area contributed by atoms with Crippen LogP contribution in [0.4, 0.5) is 10.5 Å². The predicted molar refractivity (Wildman–Crippen MR) is 101 cm³/mol. The molecule has 1 fully saturated rings. The Balaban J connectivity index is 1.68. The van der Waals surface area contributed by atoms with Gasteiger partial charge in [-0.1, -0.05) is 6.07 Å². The molecule has 1 saturated heterocycles. The Morgan fingerprint density at radius 2 is 2.00 bits per heavy atom. The van der Waals surface area contributed by atoms with Crippen LogP contribution >= 0.6 is 0 Å². The molecule has 0 saturated carbocycles. The molecule has 1 aromatic carbocycles. The third-order valence-electron chi connectivity index (χ3n) is 5.00. The van der Waals surface area contributed by atoms with Crippen LogP contribution in [-0.4, -0.2) is 49.2 Å². The van der Waals surface area contributed by atoms with Gasteiger partial charge in [-0.15, -0.1) is 0 Å². The summed E-state index contributed by atoms with van der Waals surface area (Å²) in [6.45, 7) is 6.03. The molecule has 2 unspecified atom stereocenters. The fourth-order valence-corrected chi connectivity index (χ4v) is 3.81. The Hall–Kier alpha value is -2.08. The molecule has 1 N–H and O–H groups in total. The van der Waals surface area contributed by atoms with Crippen molar-refractivity contribution in [3.63, 3.8) is 0 Å². The lowest BCUT2D eigenvalue weighted by Crippen LogP contribution is -2.43. The van der Waals surface area contributed by atoms with Gasteiger partial charge in [0.1, 0.15) is 11.6 Å². The lowest BCUT2D eigenvalue weighted by molar-refractivity contribution is -0.118. The summed E-state index contributed by atoms with van der Waals surface area (Å²) >= 11 is 0. The third kappa shape index (κ3) is 3.85. The fourth-order valence-electron chi connectivity index (χ4n) is 3.81. The normalized spacial score (nSPS) is 22.7. The van der Waals surface area contributed by atoms with Gasteiger partial charge in [0.05, 0.1) is 0 Å². The number of anilines is 1. The number of carbonyl (C=O) groups is 2. The maximum Gasteiger partial charge on any atom is 0.408 e. The van der Waals surface area contributed by atoms with E-state index in [2.05, 4.69) is 36.4 Å². The number of rotatable bonds is 3. The quantitative estimate of drug-likeness (QED) is 0.901. The lowest BCUT2D eigenvalue weighted by Gasteiger charge is -2.22. The minimum atomic E-state index is -0.575. The van der Waals surface area contributed by atoms with Crippen LogP contribution in [0, 0.1) is 0 Å². The van der Waals surface area contributed by atoms with Crippen molar-refractivity contribution >= 4 is 17.7 Å². The van der Waals surface area contributed by atoms with E-state index >= 15 is 0 Å². The van der Waals surface area contributed by atoms with Gasteiger partial charge in [-0.25, -0.2) is 4.79 Å². The fraction of sp³-hybridized carbons (Fsp3) is 0.600. The molecule has 0 aromatic heterocycles. The van der Waals surface area contributed by atoms with E-state index in [0.29, 0.717) is 19.0 Å². The van der Waals surface area contributed by atoms with Gasteiger partial charge < -0.3 is 19.9 Å². The van der Waals surface area contributed by atoms with Gasteiger partial charge in [0, 0.05) is 18.3 Å². The molecule has 0 spiro atoms. The molecular formula is C20H29N3O3. The molecule has 0 bridgehead atoms. The maximum absolute atomic E-state index is 12.7. The minimum absolute atomic E-state index is 0.0713. The lowest BCUT2D eigenvalue weighted by atomic mass is 10.1. The van der Waals surface area contributed by atoms with E-state index in [4.69, 9.17) is 4.74 Å². The highest BCUT2D eigenvalue weighted by atomic mass is 16.6. The first kappa shape index (κ1) is 18.7. The van der Waals surface area contributed by atoms with Crippen molar-refractivity contribution in [1.82, 2.24) is 10.2 Å². The molecule has 1 aliphatic heterocycles. The molecule has 6 nitrogen and oxygen atoms in total. The topological polar surface area (TPSA) is 61.9 Å².